The van der Waals surface area contributed by atoms with Crippen LogP contribution in [0.25, 0.3) is 0 Å². The van der Waals surface area contributed by atoms with Crippen LogP contribution >= 0.6 is 15.9 Å². The number of aryl methyl sites for hydroxylation is 2. The molecule has 0 fully saturated rings. The number of nitrogens with one attached hydrogen (secondary N) is 1. The number of hydrogen-bond acceptors (Lipinski definition) is 3. The van der Waals surface area contributed by atoms with Gasteiger partial charge in [-0.2, -0.15) is 0 Å². The minimum atomic E-state index is -0.225. The number of nitrogen functional groups attached to an aromatic ring is 1. The van der Waals surface area contributed by atoms with Crippen molar-refractivity contribution in [1.29, 1.82) is 0 Å². The fourth-order valence-corrected chi connectivity index (χ4v) is 2.03. The summed E-state index contributed by atoms with van der Waals surface area (Å²) in [5.74, 6) is 0.320. The first kappa shape index (κ1) is 13.5. The standard InChI is InChI=1S/C14H14BrN3O/c1-8-5-9(2)17-13(6-8)18-14(19)10-3-4-11(15)12(16)7-10/h3-7H,16H2,1-2H3,(H,17,18,19). The van der Waals surface area contributed by atoms with Gasteiger partial charge >= 0.3 is 0 Å². The van der Waals surface area contributed by atoms with E-state index in [-0.39, 0.29) is 5.91 Å². The number of halogens is 1. The zero-order valence-corrected chi connectivity index (χ0v) is 12.3. The van der Waals surface area contributed by atoms with Crippen LogP contribution in [0.2, 0.25) is 0 Å². The first-order valence-electron chi connectivity index (χ1n) is 5.77. The highest BCUT2D eigenvalue weighted by molar-refractivity contribution is 9.10. The highest BCUT2D eigenvalue weighted by Gasteiger charge is 2.09. The van der Waals surface area contributed by atoms with E-state index in [9.17, 15) is 4.79 Å². The van der Waals surface area contributed by atoms with Crippen LogP contribution in [0.4, 0.5) is 11.5 Å². The summed E-state index contributed by atoms with van der Waals surface area (Å²) in [6, 6.07) is 8.86. The lowest BCUT2D eigenvalue weighted by molar-refractivity contribution is 0.102. The zero-order chi connectivity index (χ0) is 14.0. The Hall–Kier alpha value is -1.88. The van der Waals surface area contributed by atoms with Gasteiger partial charge in [-0.25, -0.2) is 4.98 Å². The fraction of sp³-hybridized carbons (Fsp3) is 0.143. The van der Waals surface area contributed by atoms with Gasteiger partial charge in [0.05, 0.1) is 0 Å². The minimum absolute atomic E-state index is 0.225. The second-order valence-corrected chi connectivity index (χ2v) is 5.22. The lowest BCUT2D eigenvalue weighted by Crippen LogP contribution is -2.13. The number of amides is 1. The van der Waals surface area contributed by atoms with Gasteiger partial charge in [-0.05, 0) is 65.7 Å². The van der Waals surface area contributed by atoms with Crippen LogP contribution in [0.3, 0.4) is 0 Å². The number of carbonyl (C=O) groups excluding carboxylic acids is 1. The maximum absolute atomic E-state index is 12.1. The molecule has 0 radical (unpaired) electrons. The Morgan fingerprint density at radius 1 is 1.26 bits per heavy atom. The van der Waals surface area contributed by atoms with E-state index in [4.69, 9.17) is 5.73 Å². The summed E-state index contributed by atoms with van der Waals surface area (Å²) in [6.07, 6.45) is 0. The maximum Gasteiger partial charge on any atom is 0.256 e. The van der Waals surface area contributed by atoms with Crippen LogP contribution in [0.5, 0.6) is 0 Å². The van der Waals surface area contributed by atoms with E-state index in [1.165, 1.54) is 0 Å². The largest absolute Gasteiger partial charge is 0.398 e. The predicted octanol–water partition coefficient (Wildman–Crippen LogP) is 3.30. The monoisotopic (exact) mass is 319 g/mol. The van der Waals surface area contributed by atoms with Crippen molar-refractivity contribution in [2.24, 2.45) is 0 Å². The first-order valence-corrected chi connectivity index (χ1v) is 6.56. The number of rotatable bonds is 2. The number of hydrogen-bond donors (Lipinski definition) is 2. The normalized spacial score (nSPS) is 10.3. The molecule has 1 amide bonds. The summed E-state index contributed by atoms with van der Waals surface area (Å²) < 4.78 is 0.772. The van der Waals surface area contributed by atoms with Gasteiger partial charge in [0.15, 0.2) is 0 Å². The topological polar surface area (TPSA) is 68.0 Å². The Morgan fingerprint density at radius 2 is 2.00 bits per heavy atom. The highest BCUT2D eigenvalue weighted by atomic mass is 79.9. The average Bonchev–Trinajstić information content (AvgIpc) is 2.31. The Balaban J connectivity index is 2.22. The Morgan fingerprint density at radius 3 is 2.63 bits per heavy atom. The van der Waals surface area contributed by atoms with Crippen molar-refractivity contribution in [3.05, 3.63) is 51.6 Å². The molecule has 0 spiro atoms. The maximum atomic E-state index is 12.1. The van der Waals surface area contributed by atoms with Crippen molar-refractivity contribution in [3.8, 4) is 0 Å². The molecule has 2 aromatic rings. The third kappa shape index (κ3) is 3.32. The van der Waals surface area contributed by atoms with E-state index in [2.05, 4.69) is 26.2 Å². The van der Waals surface area contributed by atoms with Gasteiger partial charge in [-0.3, -0.25) is 4.79 Å². The van der Waals surface area contributed by atoms with Gasteiger partial charge in [-0.1, -0.05) is 0 Å². The Labute approximate surface area is 120 Å². The van der Waals surface area contributed by atoms with E-state index < -0.39 is 0 Å². The molecule has 4 nitrogen and oxygen atoms in total. The second-order valence-electron chi connectivity index (χ2n) is 4.36. The summed E-state index contributed by atoms with van der Waals surface area (Å²) in [5, 5.41) is 2.77. The molecule has 0 aliphatic rings. The van der Waals surface area contributed by atoms with Gasteiger partial charge < -0.3 is 11.1 Å². The van der Waals surface area contributed by atoms with Crippen molar-refractivity contribution in [2.75, 3.05) is 11.1 Å². The third-order valence-electron chi connectivity index (χ3n) is 2.60. The third-order valence-corrected chi connectivity index (χ3v) is 3.32. The summed E-state index contributed by atoms with van der Waals surface area (Å²) in [6.45, 7) is 3.85. The summed E-state index contributed by atoms with van der Waals surface area (Å²) in [7, 11) is 0. The number of nitrogens with two attached hydrogens (primary N) is 1. The van der Waals surface area contributed by atoms with Gasteiger partial charge in [0.25, 0.3) is 5.91 Å². The van der Waals surface area contributed by atoms with Crippen LogP contribution in [-0.4, -0.2) is 10.9 Å². The minimum Gasteiger partial charge on any atom is -0.398 e. The molecule has 1 aromatic carbocycles. The number of nitrogens with zero attached hydrogens (tertiary/aromatic N) is 1. The lowest BCUT2D eigenvalue weighted by Gasteiger charge is -2.07. The summed E-state index contributed by atoms with van der Waals surface area (Å²) in [5.41, 5.74) is 8.71. The predicted molar refractivity (Wildman–Crippen MR) is 80.2 cm³/mol. The number of pyridine rings is 1. The molecule has 0 saturated carbocycles. The van der Waals surface area contributed by atoms with Crippen molar-refractivity contribution >= 4 is 33.3 Å². The van der Waals surface area contributed by atoms with Gasteiger partial charge in [-0.15, -0.1) is 0 Å². The number of anilines is 2. The molecule has 3 N–H and O–H groups in total. The van der Waals surface area contributed by atoms with E-state index in [1.54, 1.807) is 18.2 Å². The van der Waals surface area contributed by atoms with Crippen LogP contribution in [-0.2, 0) is 0 Å². The van der Waals surface area contributed by atoms with E-state index in [0.717, 1.165) is 15.7 Å². The van der Waals surface area contributed by atoms with Crippen molar-refractivity contribution in [2.45, 2.75) is 13.8 Å². The molecule has 19 heavy (non-hydrogen) atoms. The second kappa shape index (κ2) is 5.40. The zero-order valence-electron chi connectivity index (χ0n) is 10.7. The molecule has 5 heteroatoms. The van der Waals surface area contributed by atoms with E-state index >= 15 is 0 Å². The quantitative estimate of drug-likeness (QED) is 0.834. The first-order chi connectivity index (χ1) is 8.95. The molecule has 0 saturated heterocycles. The van der Waals surface area contributed by atoms with Gasteiger partial charge in [0, 0.05) is 21.4 Å². The molecule has 98 valence electrons. The molecule has 1 aromatic heterocycles. The fourth-order valence-electron chi connectivity index (χ4n) is 1.78. The molecule has 0 bridgehead atoms. The molecule has 1 heterocycles. The van der Waals surface area contributed by atoms with Crippen LogP contribution in [0.15, 0.2) is 34.8 Å². The lowest BCUT2D eigenvalue weighted by atomic mass is 10.2. The molecular formula is C14H14BrN3O. The Bertz CT molecular complexity index is 620. The molecule has 0 aliphatic carbocycles. The van der Waals surface area contributed by atoms with Crippen LogP contribution in [0, 0.1) is 13.8 Å². The summed E-state index contributed by atoms with van der Waals surface area (Å²) in [4.78, 5) is 16.3. The van der Waals surface area contributed by atoms with Crippen molar-refractivity contribution < 1.29 is 4.79 Å². The highest BCUT2D eigenvalue weighted by Crippen LogP contribution is 2.21. The van der Waals surface area contributed by atoms with Gasteiger partial charge in [0.1, 0.15) is 5.82 Å². The smallest absolute Gasteiger partial charge is 0.256 e. The Kier molecular flexibility index (Phi) is 3.85. The van der Waals surface area contributed by atoms with Crippen molar-refractivity contribution in [1.82, 2.24) is 4.98 Å². The number of aromatic nitrogens is 1. The molecule has 2 rings (SSSR count). The number of carbonyl (C=O) groups is 1. The molecular weight excluding hydrogens is 306 g/mol. The van der Waals surface area contributed by atoms with Crippen LogP contribution < -0.4 is 11.1 Å². The van der Waals surface area contributed by atoms with Gasteiger partial charge in [0.2, 0.25) is 0 Å². The average molecular weight is 320 g/mol. The van der Waals surface area contributed by atoms with E-state index in [0.29, 0.717) is 17.1 Å². The number of benzene rings is 1. The molecule has 0 unspecified atom stereocenters. The molecule has 0 aliphatic heterocycles. The van der Waals surface area contributed by atoms with E-state index in [1.807, 2.05) is 26.0 Å². The van der Waals surface area contributed by atoms with Crippen LogP contribution in [0.1, 0.15) is 21.6 Å². The van der Waals surface area contributed by atoms with Crippen molar-refractivity contribution in [3.63, 3.8) is 0 Å². The SMILES string of the molecule is Cc1cc(C)nc(NC(=O)c2ccc(Br)c(N)c2)c1. The summed E-state index contributed by atoms with van der Waals surface area (Å²) >= 11 is 3.30. The molecule has 0 atom stereocenters.